The normalized spacial score (nSPS) is 10.2. The van der Waals surface area contributed by atoms with Crippen LogP contribution in [-0.2, 0) is 0 Å². The number of aromatic hydroxyl groups is 1. The molecule has 8 heteroatoms. The number of nitrogens with zero attached hydrogens (tertiary/aromatic N) is 2. The highest BCUT2D eigenvalue weighted by Gasteiger charge is 2.19. The van der Waals surface area contributed by atoms with E-state index in [0.29, 0.717) is 5.56 Å². The molecule has 1 amide bonds. The minimum atomic E-state index is -0.675. The van der Waals surface area contributed by atoms with Crippen molar-refractivity contribution in [2.45, 2.75) is 6.92 Å². The van der Waals surface area contributed by atoms with E-state index in [1.54, 1.807) is 13.0 Å². The lowest BCUT2D eigenvalue weighted by molar-refractivity contribution is -0.384. The Kier molecular flexibility index (Phi) is 4.04. The van der Waals surface area contributed by atoms with Crippen LogP contribution in [0.5, 0.6) is 5.75 Å². The average Bonchev–Trinajstić information content (AvgIpc) is 2.41. The Morgan fingerprint density at radius 1 is 1.38 bits per heavy atom. The molecule has 0 saturated carbocycles. The molecule has 1 heterocycles. The summed E-state index contributed by atoms with van der Waals surface area (Å²) in [6.07, 6.45) is 0. The van der Waals surface area contributed by atoms with Crippen molar-refractivity contribution in [1.29, 1.82) is 0 Å². The summed E-state index contributed by atoms with van der Waals surface area (Å²) in [4.78, 5) is 26.0. The fourth-order valence-corrected chi connectivity index (χ4v) is 1.75. The van der Waals surface area contributed by atoms with E-state index in [0.717, 1.165) is 6.07 Å². The van der Waals surface area contributed by atoms with Crippen LogP contribution in [0.3, 0.4) is 0 Å². The summed E-state index contributed by atoms with van der Waals surface area (Å²) in [7, 11) is 0. The smallest absolute Gasteiger partial charge is 0.311 e. The van der Waals surface area contributed by atoms with Gasteiger partial charge in [0.1, 0.15) is 10.9 Å². The number of phenolic OH excluding ortho intramolecular Hbond substituents is 1. The van der Waals surface area contributed by atoms with E-state index < -0.39 is 10.8 Å². The molecule has 0 unspecified atom stereocenters. The van der Waals surface area contributed by atoms with Gasteiger partial charge in [-0.3, -0.25) is 14.9 Å². The number of hydrogen-bond acceptors (Lipinski definition) is 5. The summed E-state index contributed by atoms with van der Waals surface area (Å²) in [5.74, 6) is -0.933. The molecule has 21 heavy (non-hydrogen) atoms. The van der Waals surface area contributed by atoms with Crippen molar-refractivity contribution in [2.75, 3.05) is 5.32 Å². The zero-order valence-corrected chi connectivity index (χ0v) is 11.6. The molecule has 0 aliphatic rings. The van der Waals surface area contributed by atoms with Gasteiger partial charge < -0.3 is 10.4 Å². The number of phenols is 1. The lowest BCUT2D eigenvalue weighted by atomic mass is 10.1. The minimum Gasteiger partial charge on any atom is -0.508 e. The zero-order valence-electron chi connectivity index (χ0n) is 10.8. The van der Waals surface area contributed by atoms with E-state index in [1.807, 2.05) is 0 Å². The van der Waals surface area contributed by atoms with Gasteiger partial charge in [-0.15, -0.1) is 0 Å². The van der Waals surface area contributed by atoms with Crippen molar-refractivity contribution < 1.29 is 14.8 Å². The Morgan fingerprint density at radius 2 is 2.10 bits per heavy atom. The van der Waals surface area contributed by atoms with E-state index in [-0.39, 0.29) is 28.0 Å². The summed E-state index contributed by atoms with van der Waals surface area (Å²) in [6, 6.07) is 6.72. The van der Waals surface area contributed by atoms with Crippen LogP contribution in [0.2, 0.25) is 5.15 Å². The molecule has 0 aliphatic carbocycles. The van der Waals surface area contributed by atoms with Crippen molar-refractivity contribution in [3.8, 4) is 5.75 Å². The number of nitrogens with one attached hydrogen (secondary N) is 1. The number of anilines is 1. The number of rotatable bonds is 3. The Bertz CT molecular complexity index is 733. The molecular formula is C13H10ClN3O4. The third-order valence-corrected chi connectivity index (χ3v) is 2.95. The van der Waals surface area contributed by atoms with Crippen LogP contribution >= 0.6 is 11.6 Å². The maximum Gasteiger partial charge on any atom is 0.311 e. The van der Waals surface area contributed by atoms with Crippen LogP contribution < -0.4 is 5.32 Å². The summed E-state index contributed by atoms with van der Waals surface area (Å²) in [5.41, 5.74) is 0.386. The van der Waals surface area contributed by atoms with Crippen molar-refractivity contribution >= 4 is 29.0 Å². The molecule has 2 aromatic rings. The lowest BCUT2D eigenvalue weighted by Gasteiger charge is -2.06. The van der Waals surface area contributed by atoms with Crippen molar-refractivity contribution in [1.82, 2.24) is 4.98 Å². The molecular weight excluding hydrogens is 298 g/mol. The number of nitro groups is 1. The molecule has 0 saturated heterocycles. The third kappa shape index (κ3) is 3.26. The number of carbonyl (C=O) groups is 1. The largest absolute Gasteiger partial charge is 0.508 e. The number of carbonyl (C=O) groups excluding carboxylic acids is 1. The number of aromatic nitrogens is 1. The Labute approximate surface area is 124 Å². The number of aryl methyl sites for hydroxylation is 1. The number of halogens is 1. The van der Waals surface area contributed by atoms with Gasteiger partial charge in [-0.1, -0.05) is 17.7 Å². The number of hydrogen-bond donors (Lipinski definition) is 2. The quantitative estimate of drug-likeness (QED) is 0.515. The highest BCUT2D eigenvalue weighted by molar-refractivity contribution is 6.29. The third-order valence-electron chi connectivity index (χ3n) is 2.74. The van der Waals surface area contributed by atoms with E-state index in [1.165, 1.54) is 18.2 Å². The second kappa shape index (κ2) is 5.76. The summed E-state index contributed by atoms with van der Waals surface area (Å²) in [5, 5.41) is 22.8. The first kappa shape index (κ1) is 14.7. The summed E-state index contributed by atoms with van der Waals surface area (Å²) >= 11 is 5.67. The van der Waals surface area contributed by atoms with E-state index >= 15 is 0 Å². The molecule has 0 atom stereocenters. The first-order valence-corrected chi connectivity index (χ1v) is 6.18. The zero-order chi connectivity index (χ0) is 15.6. The van der Waals surface area contributed by atoms with Gasteiger partial charge in [0.25, 0.3) is 5.91 Å². The maximum atomic E-state index is 12.0. The van der Waals surface area contributed by atoms with Crippen molar-refractivity contribution in [3.05, 3.63) is 56.7 Å². The average molecular weight is 308 g/mol. The van der Waals surface area contributed by atoms with Gasteiger partial charge in [-0.25, -0.2) is 4.98 Å². The summed E-state index contributed by atoms with van der Waals surface area (Å²) in [6.45, 7) is 1.68. The summed E-state index contributed by atoms with van der Waals surface area (Å²) < 4.78 is 0. The SMILES string of the molecule is Cc1ccc(C(=O)Nc2nc(Cl)ccc2[N+](=O)[O-])cc1O. The monoisotopic (exact) mass is 307 g/mol. The van der Waals surface area contributed by atoms with Gasteiger partial charge in [0.05, 0.1) is 4.92 Å². The molecule has 1 aromatic heterocycles. The molecule has 7 nitrogen and oxygen atoms in total. The van der Waals surface area contributed by atoms with Crippen LogP contribution in [0.1, 0.15) is 15.9 Å². The fourth-order valence-electron chi connectivity index (χ4n) is 1.60. The van der Waals surface area contributed by atoms with Crippen LogP contribution in [0.4, 0.5) is 11.5 Å². The molecule has 1 aromatic carbocycles. The maximum absolute atomic E-state index is 12.0. The van der Waals surface area contributed by atoms with Gasteiger partial charge in [0.15, 0.2) is 0 Å². The standard InChI is InChI=1S/C13H10ClN3O4/c1-7-2-3-8(6-10(7)18)13(19)16-12-9(17(20)21)4-5-11(14)15-12/h2-6,18H,1H3,(H,15,16,19). The number of pyridine rings is 1. The molecule has 0 aliphatic heterocycles. The van der Waals surface area contributed by atoms with Crippen molar-refractivity contribution in [2.24, 2.45) is 0 Å². The Morgan fingerprint density at radius 3 is 2.71 bits per heavy atom. The first-order chi connectivity index (χ1) is 9.88. The Hall–Kier alpha value is -2.67. The topological polar surface area (TPSA) is 105 Å². The van der Waals surface area contributed by atoms with Gasteiger partial charge in [0.2, 0.25) is 5.82 Å². The van der Waals surface area contributed by atoms with Gasteiger partial charge in [-0.2, -0.15) is 0 Å². The predicted octanol–water partition coefficient (Wildman–Crippen LogP) is 2.91. The second-order valence-electron chi connectivity index (χ2n) is 4.21. The van der Waals surface area contributed by atoms with Gasteiger partial charge >= 0.3 is 5.69 Å². The fraction of sp³-hybridized carbons (Fsp3) is 0.0769. The molecule has 2 N–H and O–H groups in total. The predicted molar refractivity (Wildman–Crippen MR) is 76.7 cm³/mol. The van der Waals surface area contributed by atoms with Crippen LogP contribution in [-0.4, -0.2) is 20.9 Å². The second-order valence-corrected chi connectivity index (χ2v) is 4.60. The van der Waals surface area contributed by atoms with E-state index in [2.05, 4.69) is 10.3 Å². The highest BCUT2D eigenvalue weighted by atomic mass is 35.5. The first-order valence-electron chi connectivity index (χ1n) is 5.80. The van der Waals surface area contributed by atoms with Crippen molar-refractivity contribution in [3.63, 3.8) is 0 Å². The van der Waals surface area contributed by atoms with Crippen LogP contribution in [0.25, 0.3) is 0 Å². The molecule has 2 rings (SSSR count). The highest BCUT2D eigenvalue weighted by Crippen LogP contribution is 2.25. The Balaban J connectivity index is 2.33. The van der Waals surface area contributed by atoms with Crippen LogP contribution in [0.15, 0.2) is 30.3 Å². The van der Waals surface area contributed by atoms with Crippen LogP contribution in [0, 0.1) is 17.0 Å². The molecule has 0 spiro atoms. The number of benzene rings is 1. The van der Waals surface area contributed by atoms with Gasteiger partial charge in [-0.05, 0) is 30.7 Å². The lowest BCUT2D eigenvalue weighted by Crippen LogP contribution is -2.14. The molecule has 0 fully saturated rings. The van der Waals surface area contributed by atoms with E-state index in [9.17, 15) is 20.0 Å². The van der Waals surface area contributed by atoms with Gasteiger partial charge in [0, 0.05) is 11.6 Å². The molecule has 0 radical (unpaired) electrons. The number of amides is 1. The van der Waals surface area contributed by atoms with E-state index in [4.69, 9.17) is 11.6 Å². The molecule has 108 valence electrons. The molecule has 0 bridgehead atoms. The minimum absolute atomic E-state index is 0.0163.